The number of anilines is 2. The standard InChI is InChI=1S/C19H15F2N7O/c1-11-7-16(23-10-17(29)25-13-4-5-14(20)15(21)8-13)28-19(24-11)26-18(27-28)12-3-2-6-22-9-12/h2-9,23H,10H2,1H3,(H,25,29). The van der Waals surface area contributed by atoms with Crippen LogP contribution >= 0.6 is 0 Å². The van der Waals surface area contributed by atoms with Crippen LogP contribution in [0.5, 0.6) is 0 Å². The van der Waals surface area contributed by atoms with Gasteiger partial charge in [-0.1, -0.05) is 0 Å². The molecule has 3 heterocycles. The number of nitrogens with zero attached hydrogens (tertiary/aromatic N) is 5. The van der Waals surface area contributed by atoms with Gasteiger partial charge in [0.25, 0.3) is 5.78 Å². The number of nitrogens with one attached hydrogen (secondary N) is 2. The Bertz CT molecular complexity index is 1190. The van der Waals surface area contributed by atoms with Crippen molar-refractivity contribution in [1.29, 1.82) is 0 Å². The molecule has 3 aromatic heterocycles. The van der Waals surface area contributed by atoms with Gasteiger partial charge in [0.2, 0.25) is 5.91 Å². The molecule has 0 bridgehead atoms. The molecular formula is C19H15F2N7O. The van der Waals surface area contributed by atoms with Gasteiger partial charge in [-0.15, -0.1) is 5.10 Å². The number of carbonyl (C=O) groups excluding carboxylic acids is 1. The van der Waals surface area contributed by atoms with Crippen LogP contribution in [0.3, 0.4) is 0 Å². The molecule has 0 saturated heterocycles. The summed E-state index contributed by atoms with van der Waals surface area (Å²) in [5.41, 5.74) is 1.58. The molecule has 0 aliphatic heterocycles. The van der Waals surface area contributed by atoms with Gasteiger partial charge in [0.15, 0.2) is 17.5 Å². The molecule has 1 aromatic carbocycles. The summed E-state index contributed by atoms with van der Waals surface area (Å²) in [7, 11) is 0. The molecule has 146 valence electrons. The summed E-state index contributed by atoms with van der Waals surface area (Å²) in [6.45, 7) is 1.67. The molecule has 4 rings (SSSR count). The predicted octanol–water partition coefficient (Wildman–Crippen LogP) is 2.82. The number of fused-ring (bicyclic) bond motifs is 1. The second-order valence-electron chi connectivity index (χ2n) is 6.20. The Morgan fingerprint density at radius 2 is 2.00 bits per heavy atom. The molecule has 0 fully saturated rings. The Hall–Kier alpha value is -3.95. The van der Waals surface area contributed by atoms with Crippen LogP contribution in [0, 0.1) is 18.6 Å². The third-order valence-electron chi connectivity index (χ3n) is 3.99. The van der Waals surface area contributed by atoms with Crippen LogP contribution in [0.15, 0.2) is 48.8 Å². The first-order valence-electron chi connectivity index (χ1n) is 8.63. The maximum atomic E-state index is 13.3. The lowest BCUT2D eigenvalue weighted by molar-refractivity contribution is -0.114. The number of rotatable bonds is 5. The van der Waals surface area contributed by atoms with E-state index in [1.54, 1.807) is 31.5 Å². The molecule has 0 spiro atoms. The number of amides is 1. The van der Waals surface area contributed by atoms with Gasteiger partial charge in [-0.05, 0) is 31.2 Å². The van der Waals surface area contributed by atoms with Crippen molar-refractivity contribution in [1.82, 2.24) is 24.6 Å². The van der Waals surface area contributed by atoms with Crippen molar-refractivity contribution in [2.75, 3.05) is 17.2 Å². The van der Waals surface area contributed by atoms with Gasteiger partial charge in [0.1, 0.15) is 5.82 Å². The number of aryl methyl sites for hydroxylation is 1. The molecular weight excluding hydrogens is 380 g/mol. The number of carbonyl (C=O) groups is 1. The lowest BCUT2D eigenvalue weighted by atomic mass is 10.3. The van der Waals surface area contributed by atoms with Crippen molar-refractivity contribution in [3.05, 3.63) is 66.1 Å². The van der Waals surface area contributed by atoms with Crippen LogP contribution in [0.1, 0.15) is 5.69 Å². The van der Waals surface area contributed by atoms with Crippen LogP contribution in [0.25, 0.3) is 17.2 Å². The molecule has 4 aromatic rings. The van der Waals surface area contributed by atoms with Crippen LogP contribution < -0.4 is 10.6 Å². The van der Waals surface area contributed by atoms with Crippen molar-refractivity contribution in [3.8, 4) is 11.4 Å². The fraction of sp³-hybridized carbons (Fsp3) is 0.105. The molecule has 2 N–H and O–H groups in total. The Morgan fingerprint density at radius 3 is 2.76 bits per heavy atom. The van der Waals surface area contributed by atoms with Crippen LogP contribution in [0.2, 0.25) is 0 Å². The molecule has 0 saturated carbocycles. The zero-order chi connectivity index (χ0) is 20.4. The lowest BCUT2D eigenvalue weighted by Gasteiger charge is -2.09. The average Bonchev–Trinajstić information content (AvgIpc) is 3.14. The summed E-state index contributed by atoms with van der Waals surface area (Å²) in [6, 6.07) is 8.48. The number of aromatic nitrogens is 5. The number of hydrogen-bond acceptors (Lipinski definition) is 6. The van der Waals surface area contributed by atoms with Gasteiger partial charge in [0.05, 0.1) is 6.54 Å². The summed E-state index contributed by atoms with van der Waals surface area (Å²) in [5, 5.41) is 9.89. The Morgan fingerprint density at radius 1 is 1.14 bits per heavy atom. The van der Waals surface area contributed by atoms with E-state index in [2.05, 4.69) is 30.7 Å². The Kier molecular flexibility index (Phi) is 4.82. The van der Waals surface area contributed by atoms with Crippen molar-refractivity contribution in [2.45, 2.75) is 6.92 Å². The fourth-order valence-electron chi connectivity index (χ4n) is 2.68. The average molecular weight is 395 g/mol. The Balaban J connectivity index is 1.53. The van der Waals surface area contributed by atoms with Gasteiger partial charge in [-0.3, -0.25) is 9.78 Å². The maximum absolute atomic E-state index is 13.3. The van der Waals surface area contributed by atoms with Crippen molar-refractivity contribution >= 4 is 23.2 Å². The maximum Gasteiger partial charge on any atom is 0.254 e. The number of pyridine rings is 1. The molecule has 0 aliphatic carbocycles. The van der Waals surface area contributed by atoms with E-state index in [0.717, 1.165) is 17.7 Å². The Labute approximate surface area is 163 Å². The number of hydrogen-bond donors (Lipinski definition) is 2. The minimum absolute atomic E-state index is 0.125. The second kappa shape index (κ2) is 7.58. The number of benzene rings is 1. The van der Waals surface area contributed by atoms with Gasteiger partial charge < -0.3 is 10.6 Å². The van der Waals surface area contributed by atoms with E-state index in [0.29, 0.717) is 23.1 Å². The van der Waals surface area contributed by atoms with E-state index in [4.69, 9.17) is 0 Å². The highest BCUT2D eigenvalue weighted by Crippen LogP contribution is 2.18. The van der Waals surface area contributed by atoms with Crippen LogP contribution in [-0.2, 0) is 4.79 Å². The fourth-order valence-corrected chi connectivity index (χ4v) is 2.68. The molecule has 0 atom stereocenters. The molecule has 29 heavy (non-hydrogen) atoms. The molecule has 0 radical (unpaired) electrons. The SMILES string of the molecule is Cc1cc(NCC(=O)Nc2ccc(F)c(F)c2)n2nc(-c3cccnc3)nc2n1. The molecule has 0 aliphatic rings. The molecule has 8 nitrogen and oxygen atoms in total. The summed E-state index contributed by atoms with van der Waals surface area (Å²) in [5.74, 6) is -1.13. The predicted molar refractivity (Wildman–Crippen MR) is 102 cm³/mol. The van der Waals surface area contributed by atoms with Crippen LogP contribution in [-0.4, -0.2) is 37.0 Å². The number of halogens is 2. The zero-order valence-corrected chi connectivity index (χ0v) is 15.2. The van der Waals surface area contributed by atoms with Gasteiger partial charge in [-0.25, -0.2) is 13.8 Å². The minimum Gasteiger partial charge on any atom is -0.361 e. The smallest absolute Gasteiger partial charge is 0.254 e. The highest BCUT2D eigenvalue weighted by atomic mass is 19.2. The van der Waals surface area contributed by atoms with Crippen molar-refractivity contribution in [3.63, 3.8) is 0 Å². The van der Waals surface area contributed by atoms with E-state index in [1.165, 1.54) is 10.6 Å². The first-order chi connectivity index (χ1) is 14.0. The largest absolute Gasteiger partial charge is 0.361 e. The van der Waals surface area contributed by atoms with E-state index >= 15 is 0 Å². The third kappa shape index (κ3) is 4.00. The molecule has 1 amide bonds. The van der Waals surface area contributed by atoms with E-state index in [9.17, 15) is 13.6 Å². The summed E-state index contributed by atoms with van der Waals surface area (Å²) < 4.78 is 27.7. The van der Waals surface area contributed by atoms with Gasteiger partial charge in [-0.2, -0.15) is 9.50 Å². The zero-order valence-electron chi connectivity index (χ0n) is 15.2. The van der Waals surface area contributed by atoms with Crippen LogP contribution in [0.4, 0.5) is 20.3 Å². The highest BCUT2D eigenvalue weighted by Gasteiger charge is 2.13. The first-order valence-corrected chi connectivity index (χ1v) is 8.63. The summed E-state index contributed by atoms with van der Waals surface area (Å²) >= 11 is 0. The first kappa shape index (κ1) is 18.4. The van der Waals surface area contributed by atoms with E-state index in [-0.39, 0.29) is 12.2 Å². The van der Waals surface area contributed by atoms with E-state index in [1.807, 2.05) is 6.07 Å². The van der Waals surface area contributed by atoms with E-state index < -0.39 is 17.5 Å². The van der Waals surface area contributed by atoms with Crippen molar-refractivity contribution in [2.24, 2.45) is 0 Å². The monoisotopic (exact) mass is 395 g/mol. The van der Waals surface area contributed by atoms with Crippen molar-refractivity contribution < 1.29 is 13.6 Å². The normalized spacial score (nSPS) is 10.9. The quantitative estimate of drug-likeness (QED) is 0.539. The van der Waals surface area contributed by atoms with Gasteiger partial charge >= 0.3 is 0 Å². The van der Waals surface area contributed by atoms with Gasteiger partial charge in [0, 0.05) is 41.5 Å². The highest BCUT2D eigenvalue weighted by molar-refractivity contribution is 5.93. The molecule has 10 heteroatoms. The summed E-state index contributed by atoms with van der Waals surface area (Å²) in [6.07, 6.45) is 3.30. The topological polar surface area (TPSA) is 97.1 Å². The lowest BCUT2D eigenvalue weighted by Crippen LogP contribution is -2.23. The molecule has 0 unspecified atom stereocenters. The third-order valence-corrected chi connectivity index (χ3v) is 3.99. The summed E-state index contributed by atoms with van der Waals surface area (Å²) in [4.78, 5) is 25.0. The second-order valence-corrected chi connectivity index (χ2v) is 6.20. The minimum atomic E-state index is -1.03.